The zero-order valence-corrected chi connectivity index (χ0v) is 20.9. The molecule has 4 heterocycles. The van der Waals surface area contributed by atoms with Gasteiger partial charge in [-0.15, -0.1) is 0 Å². The minimum atomic E-state index is -0.516. The summed E-state index contributed by atoms with van der Waals surface area (Å²) in [5.74, 6) is 1.32. The summed E-state index contributed by atoms with van der Waals surface area (Å²) in [5, 5.41) is 16.1. The fourth-order valence-corrected chi connectivity index (χ4v) is 5.22. The van der Waals surface area contributed by atoms with Crippen molar-refractivity contribution in [2.75, 3.05) is 45.4 Å². The van der Waals surface area contributed by atoms with E-state index >= 15 is 0 Å². The smallest absolute Gasteiger partial charge is 0.326 e. The molecule has 194 valence electrons. The van der Waals surface area contributed by atoms with Gasteiger partial charge in [-0.25, -0.2) is 4.79 Å². The number of aromatic amines is 1. The number of anilines is 1. The molecule has 0 atom stereocenters. The predicted molar refractivity (Wildman–Crippen MR) is 135 cm³/mol. The fourth-order valence-electron chi connectivity index (χ4n) is 5.22. The normalized spacial score (nSPS) is 16.9. The van der Waals surface area contributed by atoms with E-state index in [-0.39, 0.29) is 11.9 Å². The number of benzene rings is 1. The molecule has 3 aromatic rings. The van der Waals surface area contributed by atoms with Crippen LogP contribution in [-0.4, -0.2) is 88.0 Å². The number of amides is 3. The molecule has 3 amide bonds. The number of nitrogens with one attached hydrogen (secondary N) is 1. The maximum Gasteiger partial charge on any atom is 0.326 e. The maximum absolute atomic E-state index is 13.9. The summed E-state index contributed by atoms with van der Waals surface area (Å²) in [5.41, 5.74) is 2.06. The lowest BCUT2D eigenvalue weighted by Crippen LogP contribution is -2.55. The van der Waals surface area contributed by atoms with Gasteiger partial charge < -0.3 is 24.4 Å². The van der Waals surface area contributed by atoms with Gasteiger partial charge >= 0.3 is 6.03 Å². The van der Waals surface area contributed by atoms with E-state index in [1.165, 1.54) is 0 Å². The molecule has 2 aliphatic heterocycles. The molecule has 0 bridgehead atoms. The molecule has 0 radical (unpaired) electrons. The molecule has 37 heavy (non-hydrogen) atoms. The molecule has 5 rings (SSSR count). The van der Waals surface area contributed by atoms with E-state index in [1.807, 2.05) is 41.3 Å². The van der Waals surface area contributed by atoms with Crippen LogP contribution in [0.4, 0.5) is 10.6 Å². The number of piperidine rings is 1. The molecular weight excluding hydrogens is 476 g/mol. The van der Waals surface area contributed by atoms with Crippen LogP contribution in [0.3, 0.4) is 0 Å². The van der Waals surface area contributed by atoms with Gasteiger partial charge in [0.05, 0.1) is 32.5 Å². The Hall–Kier alpha value is -4.12. The molecular formula is C26H30N6O5. The van der Waals surface area contributed by atoms with Crippen LogP contribution in [0, 0.1) is 0 Å². The third-order valence-corrected chi connectivity index (χ3v) is 7.27. The Morgan fingerprint density at radius 2 is 1.97 bits per heavy atom. The molecule has 2 aliphatic rings. The minimum absolute atomic E-state index is 0.157. The van der Waals surface area contributed by atoms with Crippen LogP contribution in [0.15, 0.2) is 48.8 Å². The summed E-state index contributed by atoms with van der Waals surface area (Å²) < 4.78 is 10.9. The lowest BCUT2D eigenvalue weighted by atomic mass is 9.86. The summed E-state index contributed by atoms with van der Waals surface area (Å²) in [6.07, 6.45) is 4.63. The summed E-state index contributed by atoms with van der Waals surface area (Å²) in [4.78, 5) is 35.9. The number of rotatable bonds is 7. The van der Waals surface area contributed by atoms with Crippen molar-refractivity contribution in [1.29, 1.82) is 0 Å². The second kappa shape index (κ2) is 10.1. The number of methoxy groups -OCH3 is 2. The number of ether oxygens (including phenoxy) is 2. The van der Waals surface area contributed by atoms with Crippen LogP contribution in [0.5, 0.6) is 11.6 Å². The highest BCUT2D eigenvalue weighted by Gasteiger charge is 2.52. The van der Waals surface area contributed by atoms with Crippen molar-refractivity contribution in [3.63, 3.8) is 0 Å². The van der Waals surface area contributed by atoms with Crippen molar-refractivity contribution < 1.29 is 24.2 Å². The molecule has 1 aromatic carbocycles. The van der Waals surface area contributed by atoms with Gasteiger partial charge in [-0.1, -0.05) is 12.1 Å². The molecule has 2 N–H and O–H groups in total. The van der Waals surface area contributed by atoms with Crippen molar-refractivity contribution in [3.8, 4) is 22.8 Å². The van der Waals surface area contributed by atoms with E-state index in [4.69, 9.17) is 9.47 Å². The highest BCUT2D eigenvalue weighted by Crippen LogP contribution is 2.40. The zero-order valence-electron chi connectivity index (χ0n) is 20.9. The van der Waals surface area contributed by atoms with E-state index in [2.05, 4.69) is 15.2 Å². The first-order valence-corrected chi connectivity index (χ1v) is 12.1. The van der Waals surface area contributed by atoms with Crippen molar-refractivity contribution in [1.82, 2.24) is 25.0 Å². The summed E-state index contributed by atoms with van der Waals surface area (Å²) in [6, 6.07) is 11.2. The summed E-state index contributed by atoms with van der Waals surface area (Å²) in [6.45, 7) is 1.23. The van der Waals surface area contributed by atoms with E-state index < -0.39 is 12.1 Å². The summed E-state index contributed by atoms with van der Waals surface area (Å²) >= 11 is 0. The summed E-state index contributed by atoms with van der Waals surface area (Å²) in [7, 11) is 3.16. The zero-order chi connectivity index (χ0) is 26.0. The molecule has 2 fully saturated rings. The standard InChI is InChI=1S/C26H30N6O5/c1-36-20-5-3-4-18(12-20)15-32-25(35)31(17-26(32)8-10-30(11-9-26)23(34)16-33)22-7-6-21(24(29-22)37-2)19-13-27-28-14-19/h3-7,12-14,33H,8-11,15-17H2,1-2H3,(H,27,28). The number of pyridine rings is 1. The number of hydrogen-bond donors (Lipinski definition) is 2. The SMILES string of the molecule is COc1cccc(CN2C(=O)N(c3ccc(-c4cn[nH]c4)c(OC)n3)CC23CCN(C(=O)CO)CC3)c1. The van der Waals surface area contributed by atoms with Gasteiger partial charge in [-0.05, 0) is 42.7 Å². The molecule has 11 heteroatoms. The van der Waals surface area contributed by atoms with E-state index in [0.717, 1.165) is 22.4 Å². The minimum Gasteiger partial charge on any atom is -0.497 e. The number of likely N-dealkylation sites (tertiary alicyclic amines) is 1. The Kier molecular flexibility index (Phi) is 6.70. The molecule has 0 unspecified atom stereocenters. The first-order chi connectivity index (χ1) is 18.0. The fraction of sp³-hybridized carbons (Fsp3) is 0.385. The number of carbonyl (C=O) groups excluding carboxylic acids is 2. The first-order valence-electron chi connectivity index (χ1n) is 12.1. The van der Waals surface area contributed by atoms with Crippen LogP contribution in [0.1, 0.15) is 18.4 Å². The van der Waals surface area contributed by atoms with Crippen LogP contribution in [0.25, 0.3) is 11.1 Å². The highest BCUT2D eigenvalue weighted by molar-refractivity contribution is 5.95. The highest BCUT2D eigenvalue weighted by atomic mass is 16.5. The van der Waals surface area contributed by atoms with Crippen LogP contribution >= 0.6 is 0 Å². The van der Waals surface area contributed by atoms with Gasteiger partial charge in [0.25, 0.3) is 0 Å². The average molecular weight is 507 g/mol. The second-order valence-electron chi connectivity index (χ2n) is 9.28. The third-order valence-electron chi connectivity index (χ3n) is 7.27. The van der Waals surface area contributed by atoms with Crippen molar-refractivity contribution >= 4 is 17.8 Å². The van der Waals surface area contributed by atoms with Crippen LogP contribution < -0.4 is 14.4 Å². The number of aliphatic hydroxyl groups is 1. The second-order valence-corrected chi connectivity index (χ2v) is 9.28. The number of H-pyrrole nitrogens is 1. The van der Waals surface area contributed by atoms with Gasteiger partial charge in [-0.2, -0.15) is 10.1 Å². The van der Waals surface area contributed by atoms with Crippen LogP contribution in [-0.2, 0) is 11.3 Å². The number of carbonyl (C=O) groups is 2. The van der Waals surface area contributed by atoms with Crippen LogP contribution in [0.2, 0.25) is 0 Å². The largest absolute Gasteiger partial charge is 0.497 e. The lowest BCUT2D eigenvalue weighted by Gasteiger charge is -2.43. The number of aliphatic hydroxyl groups excluding tert-OH is 1. The molecule has 11 nitrogen and oxygen atoms in total. The van der Waals surface area contributed by atoms with Gasteiger partial charge in [-0.3, -0.25) is 14.8 Å². The van der Waals surface area contributed by atoms with Crippen molar-refractivity contribution in [2.24, 2.45) is 0 Å². The van der Waals surface area contributed by atoms with E-state index in [1.54, 1.807) is 36.4 Å². The maximum atomic E-state index is 13.9. The number of hydrogen-bond acceptors (Lipinski definition) is 7. The van der Waals surface area contributed by atoms with E-state index in [0.29, 0.717) is 50.7 Å². The number of aromatic nitrogens is 3. The van der Waals surface area contributed by atoms with Crippen molar-refractivity contribution in [3.05, 3.63) is 54.4 Å². The Labute approximate surface area is 214 Å². The molecule has 1 spiro atoms. The molecule has 0 aliphatic carbocycles. The monoisotopic (exact) mass is 506 g/mol. The molecule has 0 saturated carbocycles. The third kappa shape index (κ3) is 4.57. The lowest BCUT2D eigenvalue weighted by molar-refractivity contribution is -0.136. The predicted octanol–water partition coefficient (Wildman–Crippen LogP) is 2.28. The Bertz CT molecular complexity index is 1270. The van der Waals surface area contributed by atoms with Gasteiger partial charge in [0.2, 0.25) is 11.8 Å². The topological polar surface area (TPSA) is 124 Å². The van der Waals surface area contributed by atoms with Crippen molar-refractivity contribution in [2.45, 2.75) is 24.9 Å². The van der Waals surface area contributed by atoms with E-state index in [9.17, 15) is 14.7 Å². The Morgan fingerprint density at radius 1 is 1.16 bits per heavy atom. The van der Waals surface area contributed by atoms with Gasteiger partial charge in [0.15, 0.2) is 0 Å². The van der Waals surface area contributed by atoms with Gasteiger partial charge in [0, 0.05) is 37.0 Å². The molecule has 2 saturated heterocycles. The molecule has 2 aromatic heterocycles. The first kappa shape index (κ1) is 24.6. The average Bonchev–Trinajstić information content (AvgIpc) is 3.56. The Balaban J connectivity index is 1.47. The number of nitrogens with zero attached hydrogens (tertiary/aromatic N) is 5. The number of urea groups is 1. The van der Waals surface area contributed by atoms with Gasteiger partial charge in [0.1, 0.15) is 18.2 Å². The Morgan fingerprint density at radius 3 is 2.65 bits per heavy atom. The quantitative estimate of drug-likeness (QED) is 0.504.